The summed E-state index contributed by atoms with van der Waals surface area (Å²) in [6.45, 7) is 1.72. The topological polar surface area (TPSA) is 69.2 Å². The van der Waals surface area contributed by atoms with Crippen molar-refractivity contribution in [2.24, 2.45) is 0 Å². The van der Waals surface area contributed by atoms with Crippen molar-refractivity contribution in [3.8, 4) is 11.8 Å². The molecule has 0 aliphatic rings. The molecule has 5 heteroatoms. The van der Waals surface area contributed by atoms with Crippen molar-refractivity contribution in [2.75, 3.05) is 11.6 Å². The van der Waals surface area contributed by atoms with Crippen molar-refractivity contribution < 1.29 is 4.92 Å². The van der Waals surface area contributed by atoms with E-state index in [0.717, 1.165) is 0 Å². The lowest BCUT2D eigenvalue weighted by molar-refractivity contribution is -0.383. The minimum Gasteiger partial charge on any atom is -0.393 e. The molecule has 0 unspecified atom stereocenters. The minimum atomic E-state index is -0.505. The van der Waals surface area contributed by atoms with Crippen LogP contribution < -0.4 is 5.73 Å². The van der Waals surface area contributed by atoms with Crippen molar-refractivity contribution in [1.29, 1.82) is 0 Å². The van der Waals surface area contributed by atoms with Crippen LogP contribution in [0.3, 0.4) is 0 Å². The van der Waals surface area contributed by atoms with Gasteiger partial charge in [-0.3, -0.25) is 10.1 Å². The number of nitrogens with zero attached hydrogens (tertiary/aromatic N) is 1. The van der Waals surface area contributed by atoms with Gasteiger partial charge < -0.3 is 5.73 Å². The second-order valence-corrected chi connectivity index (χ2v) is 3.60. The Morgan fingerprint density at radius 3 is 2.81 bits per heavy atom. The van der Waals surface area contributed by atoms with Crippen LogP contribution >= 0.6 is 11.6 Å². The van der Waals surface area contributed by atoms with E-state index in [2.05, 4.69) is 11.8 Å². The molecule has 0 aromatic heterocycles. The van der Waals surface area contributed by atoms with Crippen LogP contribution in [-0.2, 0) is 0 Å². The maximum absolute atomic E-state index is 10.7. The second kappa shape index (κ2) is 5.38. The number of nitro benzene ring substituents is 1. The van der Waals surface area contributed by atoms with Crippen LogP contribution in [0.1, 0.15) is 17.5 Å². The molecule has 1 aromatic carbocycles. The molecule has 1 rings (SSSR count). The number of benzene rings is 1. The average molecular weight is 239 g/mol. The van der Waals surface area contributed by atoms with Crippen LogP contribution in [0.25, 0.3) is 0 Å². The molecule has 1 aromatic rings. The third-order valence-corrected chi connectivity index (χ3v) is 2.20. The summed E-state index contributed by atoms with van der Waals surface area (Å²) in [4.78, 5) is 10.2. The number of anilines is 1. The Labute approximate surface area is 98.6 Å². The first-order valence-corrected chi connectivity index (χ1v) is 5.19. The molecule has 0 spiro atoms. The van der Waals surface area contributed by atoms with E-state index in [-0.39, 0.29) is 11.4 Å². The van der Waals surface area contributed by atoms with E-state index >= 15 is 0 Å². The first-order chi connectivity index (χ1) is 7.56. The standard InChI is InChI=1S/C11H11ClN2O2/c1-8-6-9(4-2-3-5-12)7-10(11(8)13)14(15)16/h6-7H,3,5,13H2,1H3. The minimum absolute atomic E-state index is 0.102. The highest BCUT2D eigenvalue weighted by molar-refractivity contribution is 6.18. The number of hydrogen-bond donors (Lipinski definition) is 1. The fourth-order valence-corrected chi connectivity index (χ4v) is 1.31. The van der Waals surface area contributed by atoms with Crippen molar-refractivity contribution in [2.45, 2.75) is 13.3 Å². The first-order valence-electron chi connectivity index (χ1n) is 4.65. The molecule has 0 saturated carbocycles. The van der Waals surface area contributed by atoms with Gasteiger partial charge in [0.2, 0.25) is 0 Å². The molecule has 0 aliphatic carbocycles. The zero-order valence-electron chi connectivity index (χ0n) is 8.79. The highest BCUT2D eigenvalue weighted by atomic mass is 35.5. The number of rotatable bonds is 2. The molecule has 0 amide bonds. The van der Waals surface area contributed by atoms with E-state index in [1.54, 1.807) is 13.0 Å². The number of aryl methyl sites for hydroxylation is 1. The zero-order valence-corrected chi connectivity index (χ0v) is 9.54. The molecule has 0 bridgehead atoms. The monoisotopic (exact) mass is 238 g/mol. The van der Waals surface area contributed by atoms with Gasteiger partial charge in [-0.15, -0.1) is 11.6 Å². The SMILES string of the molecule is Cc1cc(C#CCCCl)cc([N+](=O)[O-])c1N. The van der Waals surface area contributed by atoms with Gasteiger partial charge in [-0.05, 0) is 18.6 Å². The molecule has 84 valence electrons. The predicted molar refractivity (Wildman–Crippen MR) is 64.5 cm³/mol. The summed E-state index contributed by atoms with van der Waals surface area (Å²) in [7, 11) is 0. The van der Waals surface area contributed by atoms with Crippen molar-refractivity contribution in [3.05, 3.63) is 33.4 Å². The van der Waals surface area contributed by atoms with Gasteiger partial charge in [-0.2, -0.15) is 0 Å². The molecule has 0 fully saturated rings. The van der Waals surface area contributed by atoms with E-state index in [4.69, 9.17) is 17.3 Å². The second-order valence-electron chi connectivity index (χ2n) is 3.22. The van der Waals surface area contributed by atoms with Gasteiger partial charge in [0.25, 0.3) is 5.69 Å². The number of nitro groups is 1. The molecule has 0 saturated heterocycles. The van der Waals surface area contributed by atoms with E-state index in [0.29, 0.717) is 23.4 Å². The Bertz CT molecular complexity index is 475. The molecule has 0 aliphatic heterocycles. The van der Waals surface area contributed by atoms with Gasteiger partial charge in [-0.25, -0.2) is 0 Å². The molecule has 4 nitrogen and oxygen atoms in total. The molecule has 16 heavy (non-hydrogen) atoms. The Kier molecular flexibility index (Phi) is 4.15. The quantitative estimate of drug-likeness (QED) is 0.283. The summed E-state index contributed by atoms with van der Waals surface area (Å²) in [6.07, 6.45) is 0.554. The molecule has 0 radical (unpaired) electrons. The number of alkyl halides is 1. The normalized spacial score (nSPS) is 9.38. The first kappa shape index (κ1) is 12.3. The van der Waals surface area contributed by atoms with Crippen LogP contribution in [0.4, 0.5) is 11.4 Å². The van der Waals surface area contributed by atoms with Gasteiger partial charge in [-0.1, -0.05) is 11.8 Å². The van der Waals surface area contributed by atoms with Crippen molar-refractivity contribution in [1.82, 2.24) is 0 Å². The van der Waals surface area contributed by atoms with Crippen molar-refractivity contribution >= 4 is 23.0 Å². The van der Waals surface area contributed by atoms with Crippen LogP contribution in [0, 0.1) is 28.9 Å². The van der Waals surface area contributed by atoms with Gasteiger partial charge in [0, 0.05) is 23.9 Å². The molecular weight excluding hydrogens is 228 g/mol. The molecular formula is C11H11ClN2O2. The average Bonchev–Trinajstić information content (AvgIpc) is 2.23. The largest absolute Gasteiger partial charge is 0.393 e. The fraction of sp³-hybridized carbons (Fsp3) is 0.273. The Hall–Kier alpha value is -1.73. The van der Waals surface area contributed by atoms with E-state index in [1.165, 1.54) is 6.07 Å². The lowest BCUT2D eigenvalue weighted by Crippen LogP contribution is -1.98. The number of hydrogen-bond acceptors (Lipinski definition) is 3. The summed E-state index contributed by atoms with van der Waals surface area (Å²) >= 11 is 5.48. The summed E-state index contributed by atoms with van der Waals surface area (Å²) in [5, 5.41) is 10.7. The predicted octanol–water partition coefficient (Wildman–Crippen LogP) is 2.47. The van der Waals surface area contributed by atoms with E-state index in [9.17, 15) is 10.1 Å². The number of nitrogen functional groups attached to an aromatic ring is 1. The smallest absolute Gasteiger partial charge is 0.293 e. The maximum Gasteiger partial charge on any atom is 0.293 e. The Morgan fingerprint density at radius 1 is 1.56 bits per heavy atom. The van der Waals surface area contributed by atoms with Gasteiger partial charge in [0.1, 0.15) is 5.69 Å². The summed E-state index contributed by atoms with van der Waals surface area (Å²) in [6, 6.07) is 3.10. The van der Waals surface area contributed by atoms with E-state index in [1.807, 2.05) is 0 Å². The van der Waals surface area contributed by atoms with E-state index < -0.39 is 4.92 Å². The van der Waals surface area contributed by atoms with Gasteiger partial charge in [0.15, 0.2) is 0 Å². The van der Waals surface area contributed by atoms with Crippen LogP contribution in [0.15, 0.2) is 12.1 Å². The third-order valence-electron chi connectivity index (χ3n) is 2.01. The van der Waals surface area contributed by atoms with Crippen LogP contribution in [0.2, 0.25) is 0 Å². The summed E-state index contributed by atoms with van der Waals surface area (Å²) in [5.74, 6) is 6.08. The molecule has 0 atom stereocenters. The van der Waals surface area contributed by atoms with Crippen molar-refractivity contribution in [3.63, 3.8) is 0 Å². The number of nitrogens with two attached hydrogens (primary N) is 1. The Morgan fingerprint density at radius 2 is 2.25 bits per heavy atom. The number of halogens is 1. The zero-order chi connectivity index (χ0) is 12.1. The Balaban J connectivity index is 3.15. The fourth-order valence-electron chi connectivity index (χ4n) is 1.21. The summed E-state index contributed by atoms with van der Waals surface area (Å²) < 4.78 is 0. The summed E-state index contributed by atoms with van der Waals surface area (Å²) in [5.41, 5.74) is 6.93. The van der Waals surface area contributed by atoms with Crippen LogP contribution in [0.5, 0.6) is 0 Å². The van der Waals surface area contributed by atoms with Gasteiger partial charge >= 0.3 is 0 Å². The lowest BCUT2D eigenvalue weighted by Gasteiger charge is -2.01. The lowest BCUT2D eigenvalue weighted by atomic mass is 10.1. The van der Waals surface area contributed by atoms with Crippen LogP contribution in [-0.4, -0.2) is 10.8 Å². The highest BCUT2D eigenvalue weighted by Gasteiger charge is 2.14. The van der Waals surface area contributed by atoms with Gasteiger partial charge in [0.05, 0.1) is 4.92 Å². The highest BCUT2D eigenvalue weighted by Crippen LogP contribution is 2.26. The molecule has 2 N–H and O–H groups in total. The third kappa shape index (κ3) is 2.88. The maximum atomic E-state index is 10.7. The molecule has 0 heterocycles.